The minimum absolute atomic E-state index is 0.108. The number of carbonyl (C=O) groups is 3. The molecule has 8 heteroatoms. The Morgan fingerprint density at radius 1 is 1.53 bits per heavy atom. The molecule has 2 rings (SSSR count). The molecule has 1 aliphatic heterocycles. The molecule has 0 spiro atoms. The molecule has 0 fully saturated rings. The molecule has 1 aliphatic rings. The number of nitrogens with zero attached hydrogens (tertiary/aromatic N) is 3. The summed E-state index contributed by atoms with van der Waals surface area (Å²) in [6.45, 7) is 0. The van der Waals surface area contributed by atoms with E-state index >= 15 is 0 Å². The molecular weight excluding hydrogens is 246 g/mol. The smallest absolute Gasteiger partial charge is 0.336 e. The Balaban J connectivity index is 2.50. The van der Waals surface area contributed by atoms with Gasteiger partial charge in [-0.25, -0.2) is 14.8 Å². The van der Waals surface area contributed by atoms with Crippen molar-refractivity contribution in [1.82, 2.24) is 9.88 Å². The molecule has 0 radical (unpaired) electrons. The van der Waals surface area contributed by atoms with Crippen molar-refractivity contribution >= 4 is 34.8 Å². The Labute approximate surface area is 99.4 Å². The van der Waals surface area contributed by atoms with Crippen LogP contribution in [-0.4, -0.2) is 51.6 Å². The summed E-state index contributed by atoms with van der Waals surface area (Å²) in [6, 6.07) is -1.67. The lowest BCUT2D eigenvalue weighted by molar-refractivity contribution is -0.149. The molecule has 1 amide bonds. The lowest BCUT2D eigenvalue weighted by Gasteiger charge is -2.23. The highest BCUT2D eigenvalue weighted by atomic mass is 32.1. The summed E-state index contributed by atoms with van der Waals surface area (Å²) < 4.78 is 0. The van der Waals surface area contributed by atoms with Crippen molar-refractivity contribution < 1.29 is 19.5 Å². The molecule has 1 N–H and O–H groups in total. The van der Waals surface area contributed by atoms with Crippen molar-refractivity contribution in [3.8, 4) is 0 Å². The van der Waals surface area contributed by atoms with Crippen LogP contribution in [0.2, 0.25) is 0 Å². The highest BCUT2D eigenvalue weighted by Crippen LogP contribution is 2.15. The quantitative estimate of drug-likeness (QED) is 0.559. The second-order valence-electron chi connectivity index (χ2n) is 3.26. The molecule has 0 saturated carbocycles. The van der Waals surface area contributed by atoms with Crippen molar-refractivity contribution in [1.29, 1.82) is 0 Å². The number of Topliss-reactive ketones (excluding diaryl/α,β-unsaturated/α-hetero) is 1. The first kappa shape index (κ1) is 11.4. The first-order chi connectivity index (χ1) is 8.02. The highest BCUT2D eigenvalue weighted by Gasteiger charge is 2.40. The number of amides is 1. The molecule has 7 nitrogen and oxygen atoms in total. The van der Waals surface area contributed by atoms with Crippen LogP contribution in [0.4, 0.5) is 0 Å². The fourth-order valence-corrected chi connectivity index (χ4v) is 2.01. The summed E-state index contributed by atoms with van der Waals surface area (Å²) in [7, 11) is 1.36. The molecule has 17 heavy (non-hydrogen) atoms. The van der Waals surface area contributed by atoms with Gasteiger partial charge in [0.2, 0.25) is 6.04 Å². The predicted octanol–water partition coefficient (Wildman–Crippen LogP) is -0.616. The van der Waals surface area contributed by atoms with Gasteiger partial charge in [-0.3, -0.25) is 14.5 Å². The van der Waals surface area contributed by atoms with Gasteiger partial charge in [0, 0.05) is 18.6 Å². The Morgan fingerprint density at radius 3 is 2.76 bits per heavy atom. The molecule has 1 aromatic rings. The molecule has 0 aliphatic carbocycles. The van der Waals surface area contributed by atoms with Gasteiger partial charge >= 0.3 is 5.97 Å². The van der Waals surface area contributed by atoms with Gasteiger partial charge in [-0.15, -0.1) is 11.3 Å². The topological polar surface area (TPSA) is 99.9 Å². The van der Waals surface area contributed by atoms with Crippen molar-refractivity contribution in [2.24, 2.45) is 4.99 Å². The maximum absolute atomic E-state index is 11.6. The van der Waals surface area contributed by atoms with Gasteiger partial charge in [0.15, 0.2) is 10.8 Å². The largest absolute Gasteiger partial charge is 0.479 e. The first-order valence-electron chi connectivity index (χ1n) is 4.54. The van der Waals surface area contributed by atoms with E-state index in [-0.39, 0.29) is 5.84 Å². The number of thiazole rings is 1. The molecule has 0 aromatic carbocycles. The van der Waals surface area contributed by atoms with Crippen molar-refractivity contribution in [2.75, 3.05) is 7.05 Å². The number of carboxylic acids is 1. The average Bonchev–Trinajstić information content (AvgIpc) is 2.79. The Hall–Kier alpha value is -2.09. The lowest BCUT2D eigenvalue weighted by atomic mass is 10.1. The van der Waals surface area contributed by atoms with Crippen LogP contribution in [0.25, 0.3) is 0 Å². The van der Waals surface area contributed by atoms with Crippen LogP contribution in [0, 0.1) is 0 Å². The van der Waals surface area contributed by atoms with Crippen LogP contribution >= 0.6 is 11.3 Å². The molecule has 0 bridgehead atoms. The van der Waals surface area contributed by atoms with Crippen LogP contribution in [0.1, 0.15) is 5.01 Å². The third-order valence-corrected chi connectivity index (χ3v) is 2.96. The van der Waals surface area contributed by atoms with E-state index in [1.165, 1.54) is 24.6 Å². The van der Waals surface area contributed by atoms with Crippen LogP contribution in [0.5, 0.6) is 0 Å². The lowest BCUT2D eigenvalue weighted by Crippen LogP contribution is -2.50. The summed E-state index contributed by atoms with van der Waals surface area (Å²) >= 11 is 1.21. The number of carboxylic acid groups (broad SMARTS) is 1. The normalized spacial score (nSPS) is 20.4. The second-order valence-corrected chi connectivity index (χ2v) is 4.15. The van der Waals surface area contributed by atoms with Crippen LogP contribution in [0.15, 0.2) is 16.6 Å². The number of ketones is 1. The maximum Gasteiger partial charge on any atom is 0.336 e. The van der Waals surface area contributed by atoms with Crippen LogP contribution in [0.3, 0.4) is 0 Å². The van der Waals surface area contributed by atoms with Crippen LogP contribution < -0.4 is 0 Å². The summed E-state index contributed by atoms with van der Waals surface area (Å²) in [4.78, 5) is 42.5. The molecule has 1 unspecified atom stereocenters. The minimum Gasteiger partial charge on any atom is -0.479 e. The molecule has 0 saturated heterocycles. The van der Waals surface area contributed by atoms with Crippen LogP contribution in [-0.2, 0) is 14.4 Å². The van der Waals surface area contributed by atoms with E-state index in [9.17, 15) is 14.4 Å². The third-order valence-electron chi connectivity index (χ3n) is 2.19. The maximum atomic E-state index is 11.6. The predicted molar refractivity (Wildman–Crippen MR) is 57.9 cm³/mol. The summed E-state index contributed by atoms with van der Waals surface area (Å²) in [5.41, 5.74) is 0. The van der Waals surface area contributed by atoms with E-state index in [1.807, 2.05) is 0 Å². The molecular formula is C9H7N3O4S. The van der Waals surface area contributed by atoms with Gasteiger partial charge in [-0.05, 0) is 0 Å². The number of carbonyl (C=O) groups excluding carboxylic acids is 2. The number of hydrogen-bond acceptors (Lipinski definition) is 6. The number of aliphatic imine (C=N–C) groups is 1. The van der Waals surface area contributed by atoms with Gasteiger partial charge < -0.3 is 5.11 Å². The zero-order valence-corrected chi connectivity index (χ0v) is 9.47. The average molecular weight is 253 g/mol. The molecule has 1 aromatic heterocycles. The monoisotopic (exact) mass is 253 g/mol. The second kappa shape index (κ2) is 4.06. The van der Waals surface area contributed by atoms with E-state index in [2.05, 4.69) is 9.98 Å². The summed E-state index contributed by atoms with van der Waals surface area (Å²) in [6.07, 6.45) is 1.51. The first-order valence-corrected chi connectivity index (χ1v) is 5.42. The number of rotatable bonds is 2. The van der Waals surface area contributed by atoms with Crippen molar-refractivity contribution in [3.63, 3.8) is 0 Å². The SMILES string of the molecule is CN1C(=O)C(=O)C(C(=O)O)N=C1c1nccs1. The van der Waals surface area contributed by atoms with Gasteiger partial charge in [-0.2, -0.15) is 0 Å². The number of likely N-dealkylation sites (N-methyl/N-ethyl adjacent to an activating group) is 1. The van der Waals surface area contributed by atoms with E-state index in [4.69, 9.17) is 5.11 Å². The molecule has 1 atom stereocenters. The standard InChI is InChI=1S/C9H7N3O4S/c1-12-6(7-10-2-3-17-7)11-4(9(15)16)5(13)8(12)14/h2-4H,1H3,(H,15,16). The third kappa shape index (κ3) is 1.82. The number of amidine groups is 1. The Bertz CT molecular complexity index is 522. The zero-order chi connectivity index (χ0) is 12.6. The Morgan fingerprint density at radius 2 is 2.24 bits per heavy atom. The number of aromatic nitrogens is 1. The molecule has 88 valence electrons. The van der Waals surface area contributed by atoms with Crippen molar-refractivity contribution in [2.45, 2.75) is 6.04 Å². The van der Waals surface area contributed by atoms with Gasteiger partial charge in [-0.1, -0.05) is 0 Å². The van der Waals surface area contributed by atoms with E-state index in [0.29, 0.717) is 5.01 Å². The van der Waals surface area contributed by atoms with Gasteiger partial charge in [0.05, 0.1) is 0 Å². The fourth-order valence-electron chi connectivity index (χ4n) is 1.35. The fraction of sp³-hybridized carbons (Fsp3) is 0.222. The van der Waals surface area contributed by atoms with Gasteiger partial charge in [0.25, 0.3) is 11.7 Å². The highest BCUT2D eigenvalue weighted by molar-refractivity contribution is 7.11. The minimum atomic E-state index is -1.67. The van der Waals surface area contributed by atoms with E-state index < -0.39 is 23.7 Å². The number of hydrogen-bond donors (Lipinski definition) is 1. The van der Waals surface area contributed by atoms with Gasteiger partial charge in [0.1, 0.15) is 0 Å². The van der Waals surface area contributed by atoms with Crippen molar-refractivity contribution in [3.05, 3.63) is 16.6 Å². The Kier molecular flexibility index (Phi) is 2.72. The van der Waals surface area contributed by atoms with E-state index in [1.54, 1.807) is 5.38 Å². The number of aliphatic carboxylic acids is 1. The van der Waals surface area contributed by atoms with E-state index in [0.717, 1.165) is 4.90 Å². The molecule has 2 heterocycles. The zero-order valence-electron chi connectivity index (χ0n) is 8.65. The summed E-state index contributed by atoms with van der Waals surface area (Å²) in [5, 5.41) is 10.9. The summed E-state index contributed by atoms with van der Waals surface area (Å²) in [5.74, 6) is -3.26.